The molecule has 3 aromatic rings. The zero-order chi connectivity index (χ0) is 16.1. The van der Waals surface area contributed by atoms with Crippen LogP contribution in [0.4, 0.5) is 0 Å². The van der Waals surface area contributed by atoms with Crippen molar-refractivity contribution < 1.29 is 0 Å². The summed E-state index contributed by atoms with van der Waals surface area (Å²) in [6.07, 6.45) is 6.91. The van der Waals surface area contributed by atoms with Gasteiger partial charge in [-0.3, -0.25) is 0 Å². The fourth-order valence-electron chi connectivity index (χ4n) is 2.15. The molecule has 0 aliphatic rings. The summed E-state index contributed by atoms with van der Waals surface area (Å²) in [5, 5.41) is 20.5. The normalized spacial score (nSPS) is 11.4. The van der Waals surface area contributed by atoms with E-state index < -0.39 is 0 Å². The lowest BCUT2D eigenvalue weighted by atomic mass is 10.2. The van der Waals surface area contributed by atoms with E-state index in [1.807, 2.05) is 35.2 Å². The van der Waals surface area contributed by atoms with Gasteiger partial charge in [0, 0.05) is 18.0 Å². The number of hydrogen-bond acceptors (Lipinski definition) is 6. The minimum Gasteiger partial charge on any atom is -0.328 e. The van der Waals surface area contributed by atoms with Crippen molar-refractivity contribution in [3.05, 3.63) is 64.8 Å². The van der Waals surface area contributed by atoms with Crippen molar-refractivity contribution in [3.8, 4) is 6.19 Å². The van der Waals surface area contributed by atoms with Gasteiger partial charge in [0.1, 0.15) is 11.5 Å². The first-order valence-corrected chi connectivity index (χ1v) is 7.06. The highest BCUT2D eigenvalue weighted by atomic mass is 35.5. The van der Waals surface area contributed by atoms with E-state index >= 15 is 0 Å². The molecule has 3 rings (SSSR count). The van der Waals surface area contributed by atoms with E-state index in [2.05, 4.69) is 25.5 Å². The summed E-state index contributed by atoms with van der Waals surface area (Å²) < 4.78 is 3.44. The molecule has 0 aromatic carbocycles. The molecule has 0 fully saturated rings. The van der Waals surface area contributed by atoms with Crippen LogP contribution in [-0.4, -0.2) is 29.8 Å². The van der Waals surface area contributed by atoms with Crippen molar-refractivity contribution in [2.45, 2.75) is 13.1 Å². The second-order valence-corrected chi connectivity index (χ2v) is 5.08. The third kappa shape index (κ3) is 3.59. The highest BCUT2D eigenvalue weighted by molar-refractivity contribution is 6.29. The fourth-order valence-corrected chi connectivity index (χ4v) is 2.26. The molecule has 0 N–H and O–H groups in total. The molecule has 0 unspecified atom stereocenters. The zero-order valence-electron chi connectivity index (χ0n) is 11.9. The van der Waals surface area contributed by atoms with Crippen LogP contribution in [0.5, 0.6) is 0 Å². The SMILES string of the molecule is N#C/N=c1\c(Cn2cnnn2)cccn1Cc1ccc(Cl)nc1. The van der Waals surface area contributed by atoms with Crippen molar-refractivity contribution >= 4 is 11.6 Å². The van der Waals surface area contributed by atoms with Gasteiger partial charge >= 0.3 is 0 Å². The molecular formula is C14H11ClN8. The van der Waals surface area contributed by atoms with Gasteiger partial charge in [0.2, 0.25) is 6.19 Å². The van der Waals surface area contributed by atoms with Gasteiger partial charge in [0.05, 0.1) is 13.1 Å². The molecule has 0 radical (unpaired) electrons. The molecule has 0 saturated carbocycles. The van der Waals surface area contributed by atoms with Crippen molar-refractivity contribution in [1.82, 2.24) is 29.8 Å². The number of aromatic nitrogens is 6. The summed E-state index contributed by atoms with van der Waals surface area (Å²) in [6, 6.07) is 7.38. The Morgan fingerprint density at radius 1 is 1.26 bits per heavy atom. The van der Waals surface area contributed by atoms with Crippen LogP contribution in [0.1, 0.15) is 11.1 Å². The van der Waals surface area contributed by atoms with Crippen LogP contribution < -0.4 is 5.49 Å². The quantitative estimate of drug-likeness (QED) is 0.526. The van der Waals surface area contributed by atoms with E-state index in [1.54, 1.807) is 16.9 Å². The summed E-state index contributed by atoms with van der Waals surface area (Å²) in [7, 11) is 0. The van der Waals surface area contributed by atoms with Gasteiger partial charge < -0.3 is 4.57 Å². The molecular weight excluding hydrogens is 316 g/mol. The number of pyridine rings is 2. The van der Waals surface area contributed by atoms with Crippen LogP contribution in [0.2, 0.25) is 5.15 Å². The Morgan fingerprint density at radius 2 is 2.17 bits per heavy atom. The maximum atomic E-state index is 8.99. The summed E-state index contributed by atoms with van der Waals surface area (Å²) >= 11 is 5.80. The Kier molecular flexibility index (Phi) is 4.40. The second kappa shape index (κ2) is 6.81. The summed E-state index contributed by atoms with van der Waals surface area (Å²) in [6.45, 7) is 0.946. The molecule has 0 amide bonds. The van der Waals surface area contributed by atoms with Crippen LogP contribution in [0.15, 0.2) is 48.0 Å². The van der Waals surface area contributed by atoms with Crippen LogP contribution in [-0.2, 0) is 13.1 Å². The fraction of sp³-hybridized carbons (Fsp3) is 0.143. The summed E-state index contributed by atoms with van der Waals surface area (Å²) in [5.74, 6) is 0. The lowest BCUT2D eigenvalue weighted by Crippen LogP contribution is -2.26. The van der Waals surface area contributed by atoms with Gasteiger partial charge in [-0.15, -0.1) is 5.10 Å². The molecule has 0 saturated heterocycles. The third-order valence-corrected chi connectivity index (χ3v) is 3.37. The van der Waals surface area contributed by atoms with Crippen molar-refractivity contribution in [2.75, 3.05) is 0 Å². The molecule has 0 spiro atoms. The first-order chi connectivity index (χ1) is 11.3. The average molecular weight is 327 g/mol. The van der Waals surface area contributed by atoms with Gasteiger partial charge in [-0.1, -0.05) is 23.7 Å². The van der Waals surface area contributed by atoms with Gasteiger partial charge in [-0.05, 0) is 28.1 Å². The van der Waals surface area contributed by atoms with Crippen LogP contribution >= 0.6 is 11.6 Å². The number of tetrazole rings is 1. The van der Waals surface area contributed by atoms with E-state index in [0.717, 1.165) is 11.1 Å². The van der Waals surface area contributed by atoms with Crippen LogP contribution in [0.3, 0.4) is 0 Å². The maximum absolute atomic E-state index is 8.99. The highest BCUT2D eigenvalue weighted by Gasteiger charge is 2.05. The van der Waals surface area contributed by atoms with E-state index in [0.29, 0.717) is 23.7 Å². The molecule has 0 atom stereocenters. The Labute approximate surface area is 136 Å². The Morgan fingerprint density at radius 3 is 2.87 bits per heavy atom. The Balaban J connectivity index is 1.98. The predicted molar refractivity (Wildman–Crippen MR) is 80.9 cm³/mol. The lowest BCUT2D eigenvalue weighted by Gasteiger charge is -2.10. The minimum absolute atomic E-state index is 0.424. The van der Waals surface area contributed by atoms with Crippen molar-refractivity contribution in [2.24, 2.45) is 4.99 Å². The lowest BCUT2D eigenvalue weighted by molar-refractivity contribution is 0.628. The molecule has 23 heavy (non-hydrogen) atoms. The van der Waals surface area contributed by atoms with Gasteiger partial charge in [0.15, 0.2) is 5.49 Å². The van der Waals surface area contributed by atoms with E-state index in [-0.39, 0.29) is 0 Å². The van der Waals surface area contributed by atoms with E-state index in [4.69, 9.17) is 16.9 Å². The topological polar surface area (TPSA) is 97.6 Å². The Hall–Kier alpha value is -3.05. The molecule has 0 aliphatic heterocycles. The molecule has 3 heterocycles. The average Bonchev–Trinajstić information content (AvgIpc) is 3.06. The summed E-state index contributed by atoms with van der Waals surface area (Å²) in [5.41, 5.74) is 2.34. The highest BCUT2D eigenvalue weighted by Crippen LogP contribution is 2.06. The summed E-state index contributed by atoms with van der Waals surface area (Å²) in [4.78, 5) is 8.00. The standard InChI is InChI=1S/C14H11ClN8/c15-13-4-3-11(6-17-13)7-22-5-1-2-12(14(22)18-9-16)8-23-10-19-20-21-23/h1-6,10H,7-8H2/b18-14+. The van der Waals surface area contributed by atoms with E-state index in [1.165, 1.54) is 6.33 Å². The predicted octanol–water partition coefficient (Wildman–Crippen LogP) is 1.00. The Bertz CT molecular complexity index is 890. The number of rotatable bonds is 4. The van der Waals surface area contributed by atoms with Gasteiger partial charge in [-0.25, -0.2) is 9.67 Å². The van der Waals surface area contributed by atoms with Gasteiger partial charge in [-0.2, -0.15) is 10.3 Å². The molecule has 3 aromatic heterocycles. The maximum Gasteiger partial charge on any atom is 0.207 e. The van der Waals surface area contributed by atoms with E-state index in [9.17, 15) is 0 Å². The van der Waals surface area contributed by atoms with Crippen LogP contribution in [0.25, 0.3) is 0 Å². The molecule has 8 nitrogen and oxygen atoms in total. The molecule has 114 valence electrons. The number of nitrogens with zero attached hydrogens (tertiary/aromatic N) is 8. The number of hydrogen-bond donors (Lipinski definition) is 0. The molecule has 0 bridgehead atoms. The van der Waals surface area contributed by atoms with Crippen molar-refractivity contribution in [3.63, 3.8) is 0 Å². The first-order valence-electron chi connectivity index (χ1n) is 6.68. The zero-order valence-corrected chi connectivity index (χ0v) is 12.7. The third-order valence-electron chi connectivity index (χ3n) is 3.14. The largest absolute Gasteiger partial charge is 0.328 e. The molecule has 0 aliphatic carbocycles. The van der Waals surface area contributed by atoms with Crippen molar-refractivity contribution in [1.29, 1.82) is 5.26 Å². The first kappa shape index (κ1) is 14.9. The number of halogens is 1. The number of nitriles is 1. The minimum atomic E-state index is 0.424. The smallest absolute Gasteiger partial charge is 0.207 e. The molecule has 9 heteroatoms. The van der Waals surface area contributed by atoms with Crippen LogP contribution in [0, 0.1) is 11.5 Å². The monoisotopic (exact) mass is 326 g/mol. The second-order valence-electron chi connectivity index (χ2n) is 4.69. The van der Waals surface area contributed by atoms with Gasteiger partial charge in [0.25, 0.3) is 0 Å².